The summed E-state index contributed by atoms with van der Waals surface area (Å²) < 4.78 is 33.8. The molecule has 4 nitrogen and oxygen atoms in total. The Bertz CT molecular complexity index is 732. The molecule has 0 radical (unpaired) electrons. The molecular weight excluding hydrogens is 354 g/mol. The average Bonchev–Trinajstić information content (AvgIpc) is 2.39. The number of hydrogen-bond donors (Lipinski definition) is 1. The predicted octanol–water partition coefficient (Wildman–Crippen LogP) is 3.88. The molecule has 0 spiro atoms. The number of sulfonamides is 1. The lowest BCUT2D eigenvalue weighted by atomic mass is 10.1. The molecule has 0 atom stereocenters. The lowest BCUT2D eigenvalue weighted by molar-refractivity contribution is 0.413. The van der Waals surface area contributed by atoms with E-state index in [-0.39, 0.29) is 4.90 Å². The highest BCUT2D eigenvalue weighted by Gasteiger charge is 2.20. The van der Waals surface area contributed by atoms with Crippen molar-refractivity contribution in [1.82, 2.24) is 0 Å². The molecule has 0 aliphatic carbocycles. The first kappa shape index (κ1) is 15.9. The maximum Gasteiger partial charge on any atom is 0.262 e. The van der Waals surface area contributed by atoms with Crippen LogP contribution in [-0.4, -0.2) is 15.5 Å². The second kappa shape index (κ2) is 6.07. The Kier molecular flexibility index (Phi) is 4.58. The maximum absolute atomic E-state index is 12.6. The Morgan fingerprint density at radius 2 is 1.57 bits per heavy atom. The van der Waals surface area contributed by atoms with Gasteiger partial charge in [-0.2, -0.15) is 0 Å². The molecule has 0 aliphatic rings. The van der Waals surface area contributed by atoms with Crippen molar-refractivity contribution in [1.29, 1.82) is 0 Å². The summed E-state index contributed by atoms with van der Waals surface area (Å²) in [5.74, 6) is 0.646. The summed E-state index contributed by atoms with van der Waals surface area (Å²) in [6.45, 7) is 3.51. The first-order chi connectivity index (χ1) is 9.83. The summed E-state index contributed by atoms with van der Waals surface area (Å²) in [6.07, 6.45) is 0. The molecule has 1 N–H and O–H groups in total. The van der Waals surface area contributed by atoms with Gasteiger partial charge in [0, 0.05) is 10.2 Å². The average molecular weight is 370 g/mol. The van der Waals surface area contributed by atoms with Gasteiger partial charge in [-0.25, -0.2) is 8.42 Å². The minimum absolute atomic E-state index is 0.284. The fraction of sp³-hybridized carbons (Fsp3) is 0.200. The minimum atomic E-state index is -3.63. The first-order valence-electron chi connectivity index (χ1n) is 6.27. The third-order valence-electron chi connectivity index (χ3n) is 3.03. The molecule has 21 heavy (non-hydrogen) atoms. The quantitative estimate of drug-likeness (QED) is 0.889. The predicted molar refractivity (Wildman–Crippen MR) is 87.4 cm³/mol. The Balaban J connectivity index is 2.42. The van der Waals surface area contributed by atoms with Crippen LogP contribution in [0, 0.1) is 13.8 Å². The van der Waals surface area contributed by atoms with Crippen LogP contribution in [0.25, 0.3) is 0 Å². The maximum atomic E-state index is 12.6. The smallest absolute Gasteiger partial charge is 0.262 e. The zero-order chi connectivity index (χ0) is 15.6. The molecule has 0 heterocycles. The Morgan fingerprint density at radius 3 is 2.05 bits per heavy atom. The molecule has 0 aliphatic heterocycles. The number of methoxy groups -OCH3 is 1. The second-order valence-corrected chi connectivity index (χ2v) is 7.24. The van der Waals surface area contributed by atoms with Crippen LogP contribution in [0.2, 0.25) is 0 Å². The summed E-state index contributed by atoms with van der Waals surface area (Å²) in [5.41, 5.74) is 1.82. The highest BCUT2D eigenvalue weighted by molar-refractivity contribution is 9.10. The fourth-order valence-electron chi connectivity index (χ4n) is 2.18. The van der Waals surface area contributed by atoms with E-state index >= 15 is 0 Å². The largest absolute Gasteiger partial charge is 0.497 e. The zero-order valence-corrected chi connectivity index (χ0v) is 14.4. The fourth-order valence-corrected chi connectivity index (χ4v) is 3.95. The standard InChI is InChI=1S/C15H16BrNO3S/c1-10-8-14(20-3)9-11(2)15(10)21(18,19)17-13-6-4-12(16)5-7-13/h4-9,17H,1-3H3. The van der Waals surface area contributed by atoms with Crippen molar-refractivity contribution in [2.24, 2.45) is 0 Å². The third-order valence-corrected chi connectivity index (χ3v) is 5.25. The normalized spacial score (nSPS) is 11.2. The molecule has 0 aromatic heterocycles. The van der Waals surface area contributed by atoms with Gasteiger partial charge in [-0.1, -0.05) is 15.9 Å². The van der Waals surface area contributed by atoms with Gasteiger partial charge in [-0.15, -0.1) is 0 Å². The number of halogens is 1. The number of benzene rings is 2. The van der Waals surface area contributed by atoms with Crippen molar-refractivity contribution in [2.75, 3.05) is 11.8 Å². The van der Waals surface area contributed by atoms with Gasteiger partial charge in [0.1, 0.15) is 5.75 Å². The molecule has 0 bridgehead atoms. The van der Waals surface area contributed by atoms with Gasteiger partial charge in [0.2, 0.25) is 0 Å². The zero-order valence-electron chi connectivity index (χ0n) is 12.0. The van der Waals surface area contributed by atoms with E-state index in [0.29, 0.717) is 22.6 Å². The van der Waals surface area contributed by atoms with Crippen LogP contribution in [0.3, 0.4) is 0 Å². The van der Waals surface area contributed by atoms with E-state index < -0.39 is 10.0 Å². The molecule has 0 amide bonds. The van der Waals surface area contributed by atoms with Crippen molar-refractivity contribution < 1.29 is 13.2 Å². The summed E-state index contributed by atoms with van der Waals surface area (Å²) in [7, 11) is -2.08. The Hall–Kier alpha value is -1.53. The van der Waals surface area contributed by atoms with E-state index in [1.165, 1.54) is 0 Å². The van der Waals surface area contributed by atoms with Crippen molar-refractivity contribution in [3.63, 3.8) is 0 Å². The van der Waals surface area contributed by atoms with Crippen LogP contribution in [-0.2, 0) is 10.0 Å². The van der Waals surface area contributed by atoms with E-state index in [4.69, 9.17) is 4.74 Å². The molecule has 0 fully saturated rings. The van der Waals surface area contributed by atoms with E-state index in [1.807, 2.05) is 0 Å². The molecule has 0 saturated heterocycles. The van der Waals surface area contributed by atoms with E-state index in [0.717, 1.165) is 4.47 Å². The van der Waals surface area contributed by atoms with E-state index in [9.17, 15) is 8.42 Å². The lowest BCUT2D eigenvalue weighted by Gasteiger charge is -2.14. The van der Waals surface area contributed by atoms with Crippen LogP contribution in [0.5, 0.6) is 5.75 Å². The number of aryl methyl sites for hydroxylation is 2. The first-order valence-corrected chi connectivity index (χ1v) is 8.55. The van der Waals surface area contributed by atoms with Gasteiger partial charge in [0.05, 0.1) is 12.0 Å². The molecule has 6 heteroatoms. The molecular formula is C15H16BrNO3S. The molecule has 2 aromatic carbocycles. The minimum Gasteiger partial charge on any atom is -0.497 e. The summed E-state index contributed by atoms with van der Waals surface area (Å²) in [4.78, 5) is 0.284. The molecule has 0 saturated carbocycles. The van der Waals surface area contributed by atoms with Crippen molar-refractivity contribution >= 4 is 31.6 Å². The van der Waals surface area contributed by atoms with Crippen molar-refractivity contribution in [3.8, 4) is 5.75 Å². The number of ether oxygens (including phenoxy) is 1. The third kappa shape index (κ3) is 3.57. The molecule has 2 rings (SSSR count). The van der Waals surface area contributed by atoms with E-state index in [2.05, 4.69) is 20.7 Å². The highest BCUT2D eigenvalue weighted by Crippen LogP contribution is 2.27. The Labute approximate surface area is 133 Å². The SMILES string of the molecule is COc1cc(C)c(S(=O)(=O)Nc2ccc(Br)cc2)c(C)c1. The van der Waals surface area contributed by atoms with Gasteiger partial charge in [-0.05, 0) is 61.4 Å². The number of anilines is 1. The molecule has 112 valence electrons. The second-order valence-electron chi connectivity index (χ2n) is 4.70. The molecule has 0 unspecified atom stereocenters. The number of hydrogen-bond acceptors (Lipinski definition) is 3. The summed E-state index contributed by atoms with van der Waals surface area (Å²) in [6, 6.07) is 10.4. The van der Waals surface area contributed by atoms with Crippen LogP contribution in [0.15, 0.2) is 45.8 Å². The number of rotatable bonds is 4. The van der Waals surface area contributed by atoms with Crippen LogP contribution < -0.4 is 9.46 Å². The number of nitrogens with one attached hydrogen (secondary N) is 1. The van der Waals surface area contributed by atoms with E-state index in [1.54, 1.807) is 57.4 Å². The molecule has 2 aromatic rings. The monoisotopic (exact) mass is 369 g/mol. The van der Waals surface area contributed by atoms with Gasteiger partial charge in [0.15, 0.2) is 0 Å². The van der Waals surface area contributed by atoms with Gasteiger partial charge >= 0.3 is 0 Å². The van der Waals surface area contributed by atoms with Gasteiger partial charge in [-0.3, -0.25) is 4.72 Å². The Morgan fingerprint density at radius 1 is 1.05 bits per heavy atom. The van der Waals surface area contributed by atoms with Gasteiger partial charge in [0.25, 0.3) is 10.0 Å². The van der Waals surface area contributed by atoms with Crippen LogP contribution >= 0.6 is 15.9 Å². The van der Waals surface area contributed by atoms with Crippen LogP contribution in [0.1, 0.15) is 11.1 Å². The van der Waals surface area contributed by atoms with Crippen molar-refractivity contribution in [3.05, 3.63) is 52.0 Å². The lowest BCUT2D eigenvalue weighted by Crippen LogP contribution is -2.15. The summed E-state index contributed by atoms with van der Waals surface area (Å²) in [5, 5.41) is 0. The van der Waals surface area contributed by atoms with Crippen molar-refractivity contribution in [2.45, 2.75) is 18.7 Å². The van der Waals surface area contributed by atoms with Crippen LogP contribution in [0.4, 0.5) is 5.69 Å². The van der Waals surface area contributed by atoms with Gasteiger partial charge < -0.3 is 4.74 Å². The topological polar surface area (TPSA) is 55.4 Å². The summed E-state index contributed by atoms with van der Waals surface area (Å²) >= 11 is 3.32. The highest BCUT2D eigenvalue weighted by atomic mass is 79.9.